The van der Waals surface area contributed by atoms with Gasteiger partial charge in [-0.15, -0.1) is 11.3 Å². The summed E-state index contributed by atoms with van der Waals surface area (Å²) >= 11 is 1.71. The van der Waals surface area contributed by atoms with Gasteiger partial charge in [0.2, 0.25) is 0 Å². The number of rotatable bonds is 5. The molecular weight excluding hydrogens is 247 g/mol. The van der Waals surface area contributed by atoms with Gasteiger partial charge in [0.05, 0.1) is 0 Å². The van der Waals surface area contributed by atoms with Crippen LogP contribution in [0.2, 0.25) is 0 Å². The third-order valence-electron chi connectivity index (χ3n) is 2.95. The van der Waals surface area contributed by atoms with E-state index in [4.69, 9.17) is 5.73 Å². The van der Waals surface area contributed by atoms with Crippen LogP contribution in [0.1, 0.15) is 22.0 Å². The minimum Gasteiger partial charge on any atom is -0.329 e. The Morgan fingerprint density at radius 3 is 2.83 bits per heavy atom. The van der Waals surface area contributed by atoms with Gasteiger partial charge in [-0.05, 0) is 41.6 Å². The van der Waals surface area contributed by atoms with Crippen molar-refractivity contribution in [2.75, 3.05) is 6.54 Å². The summed E-state index contributed by atoms with van der Waals surface area (Å²) in [6.45, 7) is 3.20. The second kappa shape index (κ2) is 6.09. The highest BCUT2D eigenvalue weighted by Gasteiger charge is 2.12. The molecule has 1 unspecified atom stereocenters. The Morgan fingerprint density at radius 2 is 2.22 bits per heavy atom. The van der Waals surface area contributed by atoms with E-state index in [1.54, 1.807) is 17.4 Å². The third kappa shape index (κ3) is 3.16. The van der Waals surface area contributed by atoms with E-state index < -0.39 is 0 Å². The van der Waals surface area contributed by atoms with Gasteiger partial charge in [0.25, 0.3) is 0 Å². The number of nitrogens with one attached hydrogen (secondary N) is 1. The number of aryl methyl sites for hydroxylation is 1. The molecule has 2 aromatic rings. The Labute approximate surface area is 111 Å². The van der Waals surface area contributed by atoms with E-state index in [1.807, 2.05) is 19.1 Å². The molecule has 2 nitrogen and oxygen atoms in total. The number of benzene rings is 1. The summed E-state index contributed by atoms with van der Waals surface area (Å²) in [5, 5.41) is 5.46. The molecule has 0 saturated heterocycles. The molecule has 0 saturated carbocycles. The van der Waals surface area contributed by atoms with E-state index in [0.29, 0.717) is 6.54 Å². The van der Waals surface area contributed by atoms with Crippen molar-refractivity contribution in [2.24, 2.45) is 5.73 Å². The van der Waals surface area contributed by atoms with Crippen molar-refractivity contribution in [3.63, 3.8) is 0 Å². The Hall–Kier alpha value is -1.23. The lowest BCUT2D eigenvalue weighted by Crippen LogP contribution is -2.28. The average Bonchev–Trinajstić information content (AvgIpc) is 2.85. The Morgan fingerprint density at radius 1 is 1.39 bits per heavy atom. The van der Waals surface area contributed by atoms with Crippen LogP contribution >= 0.6 is 11.3 Å². The summed E-state index contributed by atoms with van der Waals surface area (Å²) in [6.07, 6.45) is 0. The van der Waals surface area contributed by atoms with Crippen LogP contribution < -0.4 is 11.1 Å². The fourth-order valence-corrected chi connectivity index (χ4v) is 2.64. The van der Waals surface area contributed by atoms with Crippen LogP contribution in [0.25, 0.3) is 0 Å². The molecular formula is C14H17FN2S. The monoisotopic (exact) mass is 264 g/mol. The first-order chi connectivity index (χ1) is 8.70. The summed E-state index contributed by atoms with van der Waals surface area (Å²) < 4.78 is 13.1. The third-order valence-corrected chi connectivity index (χ3v) is 3.82. The van der Waals surface area contributed by atoms with E-state index >= 15 is 0 Å². The molecule has 1 aromatic heterocycles. The Bertz CT molecular complexity index is 497. The fourth-order valence-electron chi connectivity index (χ4n) is 1.99. The highest BCUT2D eigenvalue weighted by Crippen LogP contribution is 2.19. The van der Waals surface area contributed by atoms with Gasteiger partial charge in [-0.1, -0.05) is 12.1 Å². The molecule has 0 radical (unpaired) electrons. The molecule has 2 rings (SSSR count). The summed E-state index contributed by atoms with van der Waals surface area (Å²) in [5.41, 5.74) is 7.80. The molecule has 0 aliphatic heterocycles. The highest BCUT2D eigenvalue weighted by molar-refractivity contribution is 7.09. The molecule has 0 spiro atoms. The number of nitrogens with two attached hydrogens (primary N) is 1. The number of hydrogen-bond donors (Lipinski definition) is 2. The Balaban J connectivity index is 2.08. The van der Waals surface area contributed by atoms with Crippen molar-refractivity contribution in [1.29, 1.82) is 0 Å². The quantitative estimate of drug-likeness (QED) is 0.871. The van der Waals surface area contributed by atoms with Gasteiger partial charge in [-0.3, -0.25) is 0 Å². The number of hydrogen-bond acceptors (Lipinski definition) is 3. The maximum Gasteiger partial charge on any atom is 0.123 e. The molecule has 96 valence electrons. The van der Waals surface area contributed by atoms with Crippen LogP contribution in [0.3, 0.4) is 0 Å². The number of halogens is 1. The topological polar surface area (TPSA) is 38.0 Å². The predicted octanol–water partition coefficient (Wildman–Crippen LogP) is 2.99. The molecule has 3 N–H and O–H groups in total. The van der Waals surface area contributed by atoms with Gasteiger partial charge in [-0.2, -0.15) is 0 Å². The van der Waals surface area contributed by atoms with Crippen LogP contribution in [0.5, 0.6) is 0 Å². The Kier molecular flexibility index (Phi) is 4.47. The second-order valence-corrected chi connectivity index (χ2v) is 5.28. The molecule has 18 heavy (non-hydrogen) atoms. The fraction of sp³-hybridized carbons (Fsp3) is 0.286. The zero-order chi connectivity index (χ0) is 13.0. The molecule has 1 heterocycles. The van der Waals surface area contributed by atoms with Gasteiger partial charge >= 0.3 is 0 Å². The van der Waals surface area contributed by atoms with Crippen LogP contribution in [0.4, 0.5) is 4.39 Å². The zero-order valence-corrected chi connectivity index (χ0v) is 11.1. The van der Waals surface area contributed by atoms with Gasteiger partial charge in [0.1, 0.15) is 5.82 Å². The second-order valence-electron chi connectivity index (χ2n) is 4.25. The average molecular weight is 264 g/mol. The van der Waals surface area contributed by atoms with E-state index in [1.165, 1.54) is 10.9 Å². The minimum absolute atomic E-state index is 0.0627. The lowest BCUT2D eigenvalue weighted by Gasteiger charge is -2.19. The van der Waals surface area contributed by atoms with Crippen LogP contribution in [0, 0.1) is 12.7 Å². The zero-order valence-electron chi connectivity index (χ0n) is 10.3. The molecule has 4 heteroatoms. The summed E-state index contributed by atoms with van der Waals surface area (Å²) in [7, 11) is 0. The molecule has 1 atom stereocenters. The molecule has 1 aromatic carbocycles. The highest BCUT2D eigenvalue weighted by atomic mass is 32.1. The first-order valence-electron chi connectivity index (χ1n) is 5.92. The maximum absolute atomic E-state index is 13.1. The van der Waals surface area contributed by atoms with Gasteiger partial charge in [0, 0.05) is 24.0 Å². The van der Waals surface area contributed by atoms with Crippen molar-refractivity contribution >= 4 is 11.3 Å². The molecule has 0 aliphatic rings. The largest absolute Gasteiger partial charge is 0.329 e. The van der Waals surface area contributed by atoms with E-state index in [2.05, 4.69) is 16.8 Å². The van der Waals surface area contributed by atoms with Gasteiger partial charge in [-0.25, -0.2) is 4.39 Å². The van der Waals surface area contributed by atoms with Gasteiger partial charge in [0.15, 0.2) is 0 Å². The SMILES string of the molecule is Cc1cc(F)ccc1C(CN)NCc1cccs1. The van der Waals surface area contributed by atoms with Crippen molar-refractivity contribution < 1.29 is 4.39 Å². The first-order valence-corrected chi connectivity index (χ1v) is 6.80. The molecule has 0 bridgehead atoms. The van der Waals surface area contributed by atoms with E-state index in [9.17, 15) is 4.39 Å². The molecule has 0 amide bonds. The minimum atomic E-state index is -0.203. The van der Waals surface area contributed by atoms with Crippen molar-refractivity contribution in [2.45, 2.75) is 19.5 Å². The van der Waals surface area contributed by atoms with Crippen LogP contribution in [-0.4, -0.2) is 6.54 Å². The maximum atomic E-state index is 13.1. The standard InChI is InChI=1S/C14H17FN2S/c1-10-7-11(15)4-5-13(10)14(8-16)17-9-12-3-2-6-18-12/h2-7,14,17H,8-9,16H2,1H3. The lowest BCUT2D eigenvalue weighted by atomic mass is 10.0. The van der Waals surface area contributed by atoms with Gasteiger partial charge < -0.3 is 11.1 Å². The lowest BCUT2D eigenvalue weighted by molar-refractivity contribution is 0.540. The van der Waals surface area contributed by atoms with Crippen LogP contribution in [-0.2, 0) is 6.54 Å². The van der Waals surface area contributed by atoms with Crippen molar-refractivity contribution in [3.8, 4) is 0 Å². The number of thiophene rings is 1. The summed E-state index contributed by atoms with van der Waals surface area (Å²) in [4.78, 5) is 1.27. The smallest absolute Gasteiger partial charge is 0.123 e. The van der Waals surface area contributed by atoms with E-state index in [-0.39, 0.29) is 11.9 Å². The van der Waals surface area contributed by atoms with E-state index in [0.717, 1.165) is 17.7 Å². The molecule has 0 fully saturated rings. The first kappa shape index (κ1) is 13.2. The van der Waals surface area contributed by atoms with Crippen LogP contribution in [0.15, 0.2) is 35.7 Å². The summed E-state index contributed by atoms with van der Waals surface area (Å²) in [6, 6.07) is 9.02. The molecule has 0 aliphatic carbocycles. The normalized spacial score (nSPS) is 12.6. The van der Waals surface area contributed by atoms with Crippen molar-refractivity contribution in [1.82, 2.24) is 5.32 Å². The van der Waals surface area contributed by atoms with Crippen molar-refractivity contribution in [3.05, 3.63) is 57.5 Å². The predicted molar refractivity (Wildman–Crippen MR) is 74.1 cm³/mol. The summed E-state index contributed by atoms with van der Waals surface area (Å²) in [5.74, 6) is -0.203.